The lowest BCUT2D eigenvalue weighted by Gasteiger charge is -2.11. The van der Waals surface area contributed by atoms with Crippen LogP contribution in [-0.2, 0) is 12.8 Å². The second kappa shape index (κ2) is 5.61. The number of methoxy groups -OCH3 is 1. The number of H-pyrrole nitrogens is 1. The van der Waals surface area contributed by atoms with Crippen LogP contribution in [0.5, 0.6) is 5.75 Å². The molecule has 0 unspecified atom stereocenters. The van der Waals surface area contributed by atoms with Crippen LogP contribution in [0.1, 0.15) is 24.1 Å². The van der Waals surface area contributed by atoms with Crippen molar-refractivity contribution in [1.29, 1.82) is 0 Å². The maximum absolute atomic E-state index is 13.5. The van der Waals surface area contributed by atoms with Gasteiger partial charge in [0.15, 0.2) is 11.6 Å². The highest BCUT2D eigenvalue weighted by Crippen LogP contribution is 2.32. The molecule has 118 valence electrons. The van der Waals surface area contributed by atoms with E-state index in [0.717, 1.165) is 24.2 Å². The topological polar surface area (TPSA) is 37.0 Å². The number of hydrogen-bond donors (Lipinski definition) is 2. The molecule has 0 spiro atoms. The van der Waals surface area contributed by atoms with E-state index in [1.54, 1.807) is 12.1 Å². The summed E-state index contributed by atoms with van der Waals surface area (Å²) in [6, 6.07) is 11.1. The van der Waals surface area contributed by atoms with Gasteiger partial charge in [-0.1, -0.05) is 0 Å². The first-order valence-electron chi connectivity index (χ1n) is 7.98. The largest absolute Gasteiger partial charge is 0.494 e. The number of aromatic nitrogens is 1. The predicted octanol–water partition coefficient (Wildman–Crippen LogP) is 4.94. The molecule has 4 rings (SSSR count). The van der Waals surface area contributed by atoms with Gasteiger partial charge in [-0.05, 0) is 61.6 Å². The number of benzene rings is 2. The number of fused-ring (bicyclic) bond motifs is 3. The van der Waals surface area contributed by atoms with Crippen molar-refractivity contribution >= 4 is 22.3 Å². The Labute approximate surface area is 134 Å². The van der Waals surface area contributed by atoms with Gasteiger partial charge in [0.2, 0.25) is 0 Å². The summed E-state index contributed by atoms with van der Waals surface area (Å²) in [4.78, 5) is 3.54. The van der Waals surface area contributed by atoms with Gasteiger partial charge in [0, 0.05) is 34.0 Å². The first kappa shape index (κ1) is 14.1. The fourth-order valence-corrected chi connectivity index (χ4v) is 3.39. The third-order valence-electron chi connectivity index (χ3n) is 4.54. The van der Waals surface area contributed by atoms with Crippen LogP contribution in [0.25, 0.3) is 10.9 Å². The van der Waals surface area contributed by atoms with Crippen molar-refractivity contribution in [3.8, 4) is 5.75 Å². The van der Waals surface area contributed by atoms with Gasteiger partial charge < -0.3 is 15.0 Å². The molecule has 1 aromatic heterocycles. The molecular formula is C19H19FN2O. The zero-order valence-corrected chi connectivity index (χ0v) is 13.1. The lowest BCUT2D eigenvalue weighted by atomic mass is 9.95. The lowest BCUT2D eigenvalue weighted by molar-refractivity contribution is 0.387. The minimum Gasteiger partial charge on any atom is -0.494 e. The average Bonchev–Trinajstić information content (AvgIpc) is 2.95. The molecule has 0 aliphatic heterocycles. The molecule has 0 bridgehead atoms. The van der Waals surface area contributed by atoms with Gasteiger partial charge in [-0.3, -0.25) is 0 Å². The number of hydrogen-bond acceptors (Lipinski definition) is 2. The Morgan fingerprint density at radius 2 is 1.83 bits per heavy atom. The van der Waals surface area contributed by atoms with E-state index in [2.05, 4.69) is 22.4 Å². The van der Waals surface area contributed by atoms with Crippen molar-refractivity contribution in [2.75, 3.05) is 12.4 Å². The molecule has 0 saturated heterocycles. The van der Waals surface area contributed by atoms with Crippen LogP contribution in [0.4, 0.5) is 15.8 Å². The molecule has 1 aliphatic rings. The van der Waals surface area contributed by atoms with Gasteiger partial charge in [0.05, 0.1) is 7.11 Å². The highest BCUT2D eigenvalue weighted by atomic mass is 19.1. The average molecular weight is 310 g/mol. The summed E-state index contributed by atoms with van der Waals surface area (Å²) in [6.45, 7) is 0. The lowest BCUT2D eigenvalue weighted by Crippen LogP contribution is -2.00. The zero-order chi connectivity index (χ0) is 15.8. The number of anilines is 2. The molecule has 1 aliphatic carbocycles. The standard InChI is InChI=1S/C19H19FN2O/c1-23-19-11-13(6-8-16(19)20)21-12-7-9-18-15(10-12)14-4-2-3-5-17(14)22-18/h6-11,21-22H,2-5H2,1H3. The molecule has 2 N–H and O–H groups in total. The van der Waals surface area contributed by atoms with Crippen LogP contribution >= 0.6 is 0 Å². The molecule has 2 aromatic carbocycles. The van der Waals surface area contributed by atoms with E-state index in [4.69, 9.17) is 4.74 Å². The third kappa shape index (κ3) is 2.54. The van der Waals surface area contributed by atoms with Gasteiger partial charge in [0.1, 0.15) is 0 Å². The molecule has 4 heteroatoms. The summed E-state index contributed by atoms with van der Waals surface area (Å²) in [5.41, 5.74) is 5.84. The number of halogens is 1. The maximum Gasteiger partial charge on any atom is 0.165 e. The molecule has 23 heavy (non-hydrogen) atoms. The van der Waals surface area contributed by atoms with Gasteiger partial charge in [-0.15, -0.1) is 0 Å². The van der Waals surface area contributed by atoms with E-state index < -0.39 is 0 Å². The van der Waals surface area contributed by atoms with Crippen molar-refractivity contribution in [3.63, 3.8) is 0 Å². The summed E-state index contributed by atoms with van der Waals surface area (Å²) >= 11 is 0. The molecule has 0 atom stereocenters. The molecule has 0 fully saturated rings. The number of rotatable bonds is 3. The number of aryl methyl sites for hydroxylation is 2. The van der Waals surface area contributed by atoms with Crippen LogP contribution < -0.4 is 10.1 Å². The van der Waals surface area contributed by atoms with Crippen molar-refractivity contribution in [3.05, 3.63) is 53.5 Å². The van der Waals surface area contributed by atoms with E-state index in [1.165, 1.54) is 48.2 Å². The Morgan fingerprint density at radius 3 is 2.70 bits per heavy atom. The van der Waals surface area contributed by atoms with Crippen LogP contribution in [0.3, 0.4) is 0 Å². The molecule has 3 aromatic rings. The summed E-state index contributed by atoms with van der Waals surface area (Å²) in [7, 11) is 1.47. The van der Waals surface area contributed by atoms with Crippen molar-refractivity contribution in [2.24, 2.45) is 0 Å². The summed E-state index contributed by atoms with van der Waals surface area (Å²) < 4.78 is 18.5. The van der Waals surface area contributed by atoms with Gasteiger partial charge in [-0.2, -0.15) is 0 Å². The summed E-state index contributed by atoms with van der Waals surface area (Å²) in [5.74, 6) is -0.108. The normalized spacial score (nSPS) is 13.8. The highest BCUT2D eigenvalue weighted by molar-refractivity contribution is 5.88. The number of aromatic amines is 1. The Morgan fingerprint density at radius 1 is 1.04 bits per heavy atom. The third-order valence-corrected chi connectivity index (χ3v) is 4.54. The van der Waals surface area contributed by atoms with E-state index in [0.29, 0.717) is 0 Å². The van der Waals surface area contributed by atoms with Gasteiger partial charge >= 0.3 is 0 Å². The first-order valence-corrected chi connectivity index (χ1v) is 7.98. The van der Waals surface area contributed by atoms with E-state index in [9.17, 15) is 4.39 Å². The molecular weight excluding hydrogens is 291 g/mol. The van der Waals surface area contributed by atoms with Crippen molar-refractivity contribution in [2.45, 2.75) is 25.7 Å². The van der Waals surface area contributed by atoms with Crippen molar-refractivity contribution in [1.82, 2.24) is 4.98 Å². The monoisotopic (exact) mass is 310 g/mol. The van der Waals surface area contributed by atoms with Gasteiger partial charge in [-0.25, -0.2) is 4.39 Å². The summed E-state index contributed by atoms with van der Waals surface area (Å²) in [5, 5.41) is 4.62. The van der Waals surface area contributed by atoms with Gasteiger partial charge in [0.25, 0.3) is 0 Å². The smallest absolute Gasteiger partial charge is 0.165 e. The van der Waals surface area contributed by atoms with Crippen LogP contribution in [0.2, 0.25) is 0 Å². The minimum atomic E-state index is -0.354. The molecule has 1 heterocycles. The zero-order valence-electron chi connectivity index (χ0n) is 13.1. The Hall–Kier alpha value is -2.49. The Kier molecular flexibility index (Phi) is 3.45. The Bertz CT molecular complexity index is 869. The second-order valence-corrected chi connectivity index (χ2v) is 6.02. The maximum atomic E-state index is 13.5. The fraction of sp³-hybridized carbons (Fsp3) is 0.263. The van der Waals surface area contributed by atoms with Crippen LogP contribution in [-0.4, -0.2) is 12.1 Å². The molecule has 0 saturated carbocycles. The highest BCUT2D eigenvalue weighted by Gasteiger charge is 2.15. The van der Waals surface area contributed by atoms with Crippen LogP contribution in [0.15, 0.2) is 36.4 Å². The second-order valence-electron chi connectivity index (χ2n) is 6.02. The summed E-state index contributed by atoms with van der Waals surface area (Å²) in [6.07, 6.45) is 4.80. The van der Waals surface area contributed by atoms with E-state index >= 15 is 0 Å². The number of nitrogens with one attached hydrogen (secondary N) is 2. The first-order chi connectivity index (χ1) is 11.2. The van der Waals surface area contributed by atoms with Crippen molar-refractivity contribution < 1.29 is 9.13 Å². The predicted molar refractivity (Wildman–Crippen MR) is 91.2 cm³/mol. The fourth-order valence-electron chi connectivity index (χ4n) is 3.39. The van der Waals surface area contributed by atoms with E-state index in [-0.39, 0.29) is 11.6 Å². The SMILES string of the molecule is COc1cc(Nc2ccc3[nH]c4c(c3c2)CCCC4)ccc1F. The number of ether oxygens (including phenoxy) is 1. The molecule has 0 radical (unpaired) electrons. The molecule has 0 amide bonds. The molecule has 3 nitrogen and oxygen atoms in total. The van der Waals surface area contributed by atoms with Crippen LogP contribution in [0, 0.1) is 5.82 Å². The van der Waals surface area contributed by atoms with E-state index in [1.807, 2.05) is 6.07 Å². The quantitative estimate of drug-likeness (QED) is 0.719. The Balaban J connectivity index is 1.69. The minimum absolute atomic E-state index is 0.245.